The van der Waals surface area contributed by atoms with Crippen molar-refractivity contribution < 1.29 is 18.8 Å². The van der Waals surface area contributed by atoms with E-state index in [9.17, 15) is 14.0 Å². The standard InChI is InChI=1S/C12H15FN2O3/c1-2-18-15-11(16)7-8-14-12(17)9-3-5-10(13)6-4-9/h3-6H,2,7-8H2,1H3,(H,14,17)(H,15,16). The minimum atomic E-state index is -0.400. The van der Waals surface area contributed by atoms with Crippen molar-refractivity contribution in [3.8, 4) is 0 Å². The molecule has 5 nitrogen and oxygen atoms in total. The number of halogens is 1. The summed E-state index contributed by atoms with van der Waals surface area (Å²) in [5.74, 6) is -1.06. The molecule has 0 atom stereocenters. The first kappa shape index (κ1) is 14.1. The van der Waals surface area contributed by atoms with E-state index >= 15 is 0 Å². The summed E-state index contributed by atoms with van der Waals surface area (Å²) in [6.45, 7) is 2.32. The van der Waals surface area contributed by atoms with E-state index in [0.29, 0.717) is 12.2 Å². The molecule has 0 spiro atoms. The van der Waals surface area contributed by atoms with Gasteiger partial charge in [0.05, 0.1) is 6.61 Å². The van der Waals surface area contributed by atoms with E-state index in [-0.39, 0.29) is 24.8 Å². The number of nitrogens with one attached hydrogen (secondary N) is 2. The van der Waals surface area contributed by atoms with Crippen molar-refractivity contribution in [1.29, 1.82) is 0 Å². The van der Waals surface area contributed by atoms with Gasteiger partial charge in [-0.05, 0) is 31.2 Å². The van der Waals surface area contributed by atoms with Crippen LogP contribution in [0.1, 0.15) is 23.7 Å². The SMILES string of the molecule is CCONC(=O)CCNC(=O)c1ccc(F)cc1. The van der Waals surface area contributed by atoms with Crippen molar-refractivity contribution in [2.24, 2.45) is 0 Å². The van der Waals surface area contributed by atoms with Gasteiger partial charge in [-0.15, -0.1) is 0 Å². The number of rotatable bonds is 6. The predicted octanol–water partition coefficient (Wildman–Crippen LogP) is 1.01. The van der Waals surface area contributed by atoms with Gasteiger partial charge >= 0.3 is 0 Å². The Bertz CT molecular complexity index is 406. The number of carbonyl (C=O) groups excluding carboxylic acids is 2. The van der Waals surface area contributed by atoms with E-state index in [1.807, 2.05) is 0 Å². The lowest BCUT2D eigenvalue weighted by Crippen LogP contribution is -2.30. The molecular weight excluding hydrogens is 239 g/mol. The molecule has 0 bridgehead atoms. The number of hydrogen-bond donors (Lipinski definition) is 2. The maximum atomic E-state index is 12.6. The van der Waals surface area contributed by atoms with Crippen LogP contribution in [-0.2, 0) is 9.63 Å². The lowest BCUT2D eigenvalue weighted by molar-refractivity contribution is -0.133. The Kier molecular flexibility index (Phi) is 5.79. The van der Waals surface area contributed by atoms with Crippen LogP contribution < -0.4 is 10.8 Å². The molecule has 0 aliphatic heterocycles. The van der Waals surface area contributed by atoms with Crippen LogP contribution in [-0.4, -0.2) is 25.0 Å². The molecule has 18 heavy (non-hydrogen) atoms. The van der Waals surface area contributed by atoms with Crippen LogP contribution in [0.2, 0.25) is 0 Å². The van der Waals surface area contributed by atoms with Gasteiger partial charge in [0.25, 0.3) is 5.91 Å². The Morgan fingerprint density at radius 2 is 1.94 bits per heavy atom. The number of carbonyl (C=O) groups is 2. The normalized spacial score (nSPS) is 9.89. The number of hydrogen-bond acceptors (Lipinski definition) is 3. The fourth-order valence-electron chi connectivity index (χ4n) is 1.20. The van der Waals surface area contributed by atoms with E-state index in [4.69, 9.17) is 4.84 Å². The van der Waals surface area contributed by atoms with Crippen LogP contribution in [0.3, 0.4) is 0 Å². The highest BCUT2D eigenvalue weighted by Crippen LogP contribution is 2.02. The van der Waals surface area contributed by atoms with Crippen LogP contribution in [0.4, 0.5) is 4.39 Å². The second kappa shape index (κ2) is 7.39. The van der Waals surface area contributed by atoms with Gasteiger partial charge in [-0.1, -0.05) is 0 Å². The van der Waals surface area contributed by atoms with E-state index in [0.717, 1.165) is 0 Å². The third kappa shape index (κ3) is 4.92. The molecule has 0 aliphatic carbocycles. The second-order valence-electron chi connectivity index (χ2n) is 3.47. The molecule has 6 heteroatoms. The summed E-state index contributed by atoms with van der Waals surface area (Å²) in [4.78, 5) is 27.4. The van der Waals surface area contributed by atoms with Crippen molar-refractivity contribution in [2.75, 3.05) is 13.2 Å². The largest absolute Gasteiger partial charge is 0.352 e. The van der Waals surface area contributed by atoms with Crippen molar-refractivity contribution in [3.05, 3.63) is 35.6 Å². The van der Waals surface area contributed by atoms with Gasteiger partial charge in [0.2, 0.25) is 5.91 Å². The zero-order valence-electron chi connectivity index (χ0n) is 10.0. The molecule has 98 valence electrons. The smallest absolute Gasteiger partial charge is 0.251 e. The number of amides is 2. The topological polar surface area (TPSA) is 67.4 Å². The third-order valence-corrected chi connectivity index (χ3v) is 2.07. The van der Waals surface area contributed by atoms with Gasteiger partial charge in [-0.3, -0.25) is 14.4 Å². The van der Waals surface area contributed by atoms with Gasteiger partial charge in [-0.2, -0.15) is 0 Å². The Morgan fingerprint density at radius 3 is 2.56 bits per heavy atom. The van der Waals surface area contributed by atoms with Crippen LogP contribution in [0.5, 0.6) is 0 Å². The van der Waals surface area contributed by atoms with Gasteiger partial charge in [0.1, 0.15) is 5.82 Å². The molecule has 0 unspecified atom stereocenters. The fourth-order valence-corrected chi connectivity index (χ4v) is 1.20. The average Bonchev–Trinajstić information content (AvgIpc) is 2.37. The van der Waals surface area contributed by atoms with E-state index in [1.165, 1.54) is 24.3 Å². The van der Waals surface area contributed by atoms with Gasteiger partial charge < -0.3 is 5.32 Å². The van der Waals surface area contributed by atoms with Gasteiger partial charge in [-0.25, -0.2) is 9.87 Å². The minimum absolute atomic E-state index is 0.118. The van der Waals surface area contributed by atoms with Gasteiger partial charge in [0.15, 0.2) is 0 Å². The van der Waals surface area contributed by atoms with Crippen LogP contribution in [0.25, 0.3) is 0 Å². The third-order valence-electron chi connectivity index (χ3n) is 2.07. The zero-order valence-corrected chi connectivity index (χ0v) is 10.0. The predicted molar refractivity (Wildman–Crippen MR) is 63.1 cm³/mol. The van der Waals surface area contributed by atoms with Crippen molar-refractivity contribution in [1.82, 2.24) is 10.8 Å². The highest BCUT2D eigenvalue weighted by molar-refractivity contribution is 5.94. The zero-order chi connectivity index (χ0) is 13.4. The molecule has 1 rings (SSSR count). The summed E-state index contributed by atoms with van der Waals surface area (Å²) in [5.41, 5.74) is 2.56. The summed E-state index contributed by atoms with van der Waals surface area (Å²) in [5, 5.41) is 2.55. The van der Waals surface area contributed by atoms with Crippen LogP contribution in [0.15, 0.2) is 24.3 Å². The monoisotopic (exact) mass is 254 g/mol. The highest BCUT2D eigenvalue weighted by atomic mass is 19.1. The summed E-state index contributed by atoms with van der Waals surface area (Å²) < 4.78 is 12.6. The average molecular weight is 254 g/mol. The fraction of sp³-hybridized carbons (Fsp3) is 0.333. The van der Waals surface area contributed by atoms with Crippen molar-refractivity contribution in [2.45, 2.75) is 13.3 Å². The maximum Gasteiger partial charge on any atom is 0.251 e. The van der Waals surface area contributed by atoms with E-state index in [2.05, 4.69) is 10.8 Å². The molecular formula is C12H15FN2O3. The molecule has 2 N–H and O–H groups in total. The number of benzene rings is 1. The lowest BCUT2D eigenvalue weighted by Gasteiger charge is -2.06. The minimum Gasteiger partial charge on any atom is -0.352 e. The second-order valence-corrected chi connectivity index (χ2v) is 3.47. The molecule has 0 heterocycles. The number of hydroxylamine groups is 1. The Balaban J connectivity index is 2.29. The Labute approximate surface area is 104 Å². The molecule has 1 aromatic carbocycles. The first-order chi connectivity index (χ1) is 8.63. The van der Waals surface area contributed by atoms with Crippen molar-refractivity contribution >= 4 is 11.8 Å². The highest BCUT2D eigenvalue weighted by Gasteiger charge is 2.06. The molecule has 0 radical (unpaired) electrons. The Hall–Kier alpha value is -1.95. The molecule has 0 saturated carbocycles. The molecule has 0 aromatic heterocycles. The van der Waals surface area contributed by atoms with Crippen LogP contribution in [0, 0.1) is 5.82 Å². The molecule has 0 saturated heterocycles. The molecule has 0 aliphatic rings. The summed E-state index contributed by atoms with van der Waals surface area (Å²) >= 11 is 0. The lowest BCUT2D eigenvalue weighted by atomic mass is 10.2. The first-order valence-electron chi connectivity index (χ1n) is 5.58. The summed E-state index contributed by atoms with van der Waals surface area (Å²) in [6.07, 6.45) is 0.118. The van der Waals surface area contributed by atoms with E-state index in [1.54, 1.807) is 6.92 Å². The molecule has 0 fully saturated rings. The quantitative estimate of drug-likeness (QED) is 0.745. The van der Waals surface area contributed by atoms with E-state index < -0.39 is 5.82 Å². The van der Waals surface area contributed by atoms with Gasteiger partial charge in [0, 0.05) is 18.5 Å². The summed E-state index contributed by atoms with van der Waals surface area (Å²) in [6, 6.07) is 5.17. The molecule has 2 amide bonds. The van der Waals surface area contributed by atoms with Crippen molar-refractivity contribution in [3.63, 3.8) is 0 Å². The van der Waals surface area contributed by atoms with Crippen LogP contribution >= 0.6 is 0 Å². The maximum absolute atomic E-state index is 12.6. The Morgan fingerprint density at radius 1 is 1.28 bits per heavy atom. The molecule has 1 aromatic rings. The first-order valence-corrected chi connectivity index (χ1v) is 5.58. The summed E-state index contributed by atoms with van der Waals surface area (Å²) in [7, 11) is 0.